The van der Waals surface area contributed by atoms with Crippen LogP contribution in [0.15, 0.2) is 11.6 Å². The topological polar surface area (TPSA) is 134 Å². The molecule has 0 saturated heterocycles. The van der Waals surface area contributed by atoms with Crippen molar-refractivity contribution in [2.75, 3.05) is 19.6 Å². The zero-order valence-corrected chi connectivity index (χ0v) is 29.1. The van der Waals surface area contributed by atoms with Crippen molar-refractivity contribution in [2.45, 2.75) is 131 Å². The maximum atomic E-state index is 12.6. The first-order valence-corrected chi connectivity index (χ1v) is 18.2. The molecule has 0 aliphatic heterocycles. The van der Waals surface area contributed by atoms with Crippen LogP contribution in [0, 0.1) is 46.3 Å². The van der Waals surface area contributed by atoms with E-state index in [1.807, 2.05) is 0 Å². The fraction of sp³-hybridized carbons (Fsp3) is 0.838. The molecular weight excluding hydrogens is 582 g/mol. The highest BCUT2D eigenvalue weighted by atomic mass is 16.6. The van der Waals surface area contributed by atoms with Gasteiger partial charge in [0.1, 0.15) is 6.10 Å². The van der Waals surface area contributed by atoms with E-state index in [2.05, 4.69) is 56.6 Å². The molecule has 3 amide bonds. The van der Waals surface area contributed by atoms with Crippen molar-refractivity contribution in [1.29, 1.82) is 0 Å². The summed E-state index contributed by atoms with van der Waals surface area (Å²) in [6, 6.07) is 0. The van der Waals surface area contributed by atoms with Gasteiger partial charge in [-0.3, -0.25) is 14.4 Å². The highest BCUT2D eigenvalue weighted by Crippen LogP contribution is 2.67. The van der Waals surface area contributed by atoms with Crippen molar-refractivity contribution in [3.8, 4) is 0 Å². The smallest absolute Gasteiger partial charge is 0.407 e. The summed E-state index contributed by atoms with van der Waals surface area (Å²) >= 11 is 0. The molecule has 4 aliphatic rings. The summed E-state index contributed by atoms with van der Waals surface area (Å²) in [5.74, 6) is 3.24. The lowest BCUT2D eigenvalue weighted by atomic mass is 9.47. The number of carboxylic acids is 1. The number of hydrogen-bond acceptors (Lipinski definition) is 5. The Balaban J connectivity index is 1.19. The van der Waals surface area contributed by atoms with Gasteiger partial charge < -0.3 is 25.8 Å². The van der Waals surface area contributed by atoms with Gasteiger partial charge in [-0.25, -0.2) is 4.79 Å². The van der Waals surface area contributed by atoms with Crippen LogP contribution in [0.3, 0.4) is 0 Å². The Morgan fingerprint density at radius 3 is 2.22 bits per heavy atom. The van der Waals surface area contributed by atoms with E-state index in [9.17, 15) is 19.2 Å². The fourth-order valence-electron chi connectivity index (χ4n) is 10.0. The van der Waals surface area contributed by atoms with E-state index in [1.165, 1.54) is 56.9 Å². The van der Waals surface area contributed by atoms with Crippen LogP contribution in [-0.2, 0) is 19.1 Å². The lowest BCUT2D eigenvalue weighted by Crippen LogP contribution is -2.51. The monoisotopic (exact) mass is 643 g/mol. The highest BCUT2D eigenvalue weighted by molar-refractivity contribution is 5.79. The van der Waals surface area contributed by atoms with Gasteiger partial charge >= 0.3 is 12.1 Å². The molecule has 3 saturated carbocycles. The number of carbonyl (C=O) groups is 4. The lowest BCUT2D eigenvalue weighted by molar-refractivity contribution is -0.137. The van der Waals surface area contributed by atoms with Gasteiger partial charge in [-0.05, 0) is 91.3 Å². The van der Waals surface area contributed by atoms with E-state index < -0.39 is 12.1 Å². The normalized spacial score (nSPS) is 32.3. The van der Waals surface area contributed by atoms with E-state index in [0.717, 1.165) is 54.8 Å². The average Bonchev–Trinajstić information content (AvgIpc) is 3.34. The number of alkyl carbamates (subject to hydrolysis) is 1. The summed E-state index contributed by atoms with van der Waals surface area (Å²) in [5.41, 5.74) is 2.17. The summed E-state index contributed by atoms with van der Waals surface area (Å²) in [7, 11) is 0. The van der Waals surface area contributed by atoms with Gasteiger partial charge in [-0.1, -0.05) is 65.5 Å². The number of carbonyl (C=O) groups excluding carboxylic acids is 3. The third-order valence-electron chi connectivity index (χ3n) is 12.5. The second-order valence-corrected chi connectivity index (χ2v) is 15.8. The fourth-order valence-corrected chi connectivity index (χ4v) is 10.0. The number of carboxylic acid groups (broad SMARTS) is 1. The molecule has 0 aromatic carbocycles. The van der Waals surface area contributed by atoms with Crippen molar-refractivity contribution >= 4 is 23.9 Å². The van der Waals surface area contributed by atoms with Gasteiger partial charge in [-0.15, -0.1) is 0 Å². The first-order valence-electron chi connectivity index (χ1n) is 18.2. The van der Waals surface area contributed by atoms with Crippen LogP contribution in [0.4, 0.5) is 4.79 Å². The number of rotatable bonds is 15. The summed E-state index contributed by atoms with van der Waals surface area (Å²) in [6.07, 6.45) is 15.4. The zero-order chi connectivity index (χ0) is 33.5. The molecule has 46 heavy (non-hydrogen) atoms. The van der Waals surface area contributed by atoms with Gasteiger partial charge in [0.15, 0.2) is 0 Å². The van der Waals surface area contributed by atoms with Gasteiger partial charge in [0, 0.05) is 38.9 Å². The molecular formula is C37H61N3O6. The molecule has 0 radical (unpaired) electrons. The number of nitrogens with one attached hydrogen (secondary N) is 3. The molecule has 260 valence electrons. The molecule has 8 atom stereocenters. The minimum absolute atomic E-state index is 0.0609. The van der Waals surface area contributed by atoms with Crippen LogP contribution < -0.4 is 16.0 Å². The van der Waals surface area contributed by atoms with Crippen molar-refractivity contribution in [1.82, 2.24) is 16.0 Å². The largest absolute Gasteiger partial charge is 0.481 e. The number of hydrogen-bond donors (Lipinski definition) is 4. The molecule has 4 N–H and O–H groups in total. The number of fused-ring (bicyclic) bond motifs is 5. The van der Waals surface area contributed by atoms with Crippen LogP contribution in [0.25, 0.3) is 0 Å². The van der Waals surface area contributed by atoms with E-state index in [4.69, 9.17) is 9.84 Å². The Labute approximate surface area is 276 Å². The first-order chi connectivity index (χ1) is 21.8. The van der Waals surface area contributed by atoms with Crippen LogP contribution >= 0.6 is 0 Å². The Bertz CT molecular complexity index is 1120. The lowest BCUT2D eigenvalue weighted by Gasteiger charge is -2.58. The molecule has 3 fully saturated rings. The summed E-state index contributed by atoms with van der Waals surface area (Å²) in [6.45, 7) is 12.7. The van der Waals surface area contributed by atoms with Gasteiger partial charge in [-0.2, -0.15) is 0 Å². The summed E-state index contributed by atoms with van der Waals surface area (Å²) in [4.78, 5) is 46.9. The third kappa shape index (κ3) is 8.85. The summed E-state index contributed by atoms with van der Waals surface area (Å²) < 4.78 is 5.83. The first kappa shape index (κ1) is 36.3. The van der Waals surface area contributed by atoms with Crippen molar-refractivity contribution in [3.05, 3.63) is 11.6 Å². The summed E-state index contributed by atoms with van der Waals surface area (Å²) in [5, 5.41) is 16.5. The molecule has 0 aromatic rings. The Hall–Kier alpha value is -2.58. The SMILES string of the molecule is CC(C)CCC[C@@H](C)[C@H]1CC[C@H]2[C@@H]3CC=C4C[C@@H](OC(=O)NCCC(=O)NCCC(=O)NCCC(=O)O)CC[C@]4(C)[C@H]3CC[C@]12C. The Morgan fingerprint density at radius 1 is 0.870 bits per heavy atom. The zero-order valence-electron chi connectivity index (χ0n) is 29.1. The van der Waals surface area contributed by atoms with E-state index in [0.29, 0.717) is 5.41 Å². The molecule has 0 spiro atoms. The molecule has 0 aromatic heterocycles. The number of amides is 3. The number of aliphatic carboxylic acids is 1. The van der Waals surface area contributed by atoms with Crippen LogP contribution in [0.2, 0.25) is 0 Å². The minimum Gasteiger partial charge on any atom is -0.481 e. The minimum atomic E-state index is -0.979. The van der Waals surface area contributed by atoms with Crippen molar-refractivity contribution in [3.63, 3.8) is 0 Å². The van der Waals surface area contributed by atoms with Gasteiger partial charge in [0.25, 0.3) is 0 Å². The predicted molar refractivity (Wildman–Crippen MR) is 179 cm³/mol. The van der Waals surface area contributed by atoms with Crippen LogP contribution in [0.1, 0.15) is 125 Å². The van der Waals surface area contributed by atoms with E-state index >= 15 is 0 Å². The molecule has 0 heterocycles. The molecule has 4 rings (SSSR count). The quantitative estimate of drug-likeness (QED) is 0.148. The second kappa shape index (κ2) is 16.0. The molecule has 9 heteroatoms. The highest BCUT2D eigenvalue weighted by Gasteiger charge is 2.59. The van der Waals surface area contributed by atoms with Crippen molar-refractivity contribution in [2.24, 2.45) is 46.3 Å². The van der Waals surface area contributed by atoms with Gasteiger partial charge in [0.2, 0.25) is 11.8 Å². The standard InChI is InChI=1S/C37H61N3O6/c1-24(2)7-6-8-25(3)29-11-12-30-28-10-9-26-23-27(13-18-36(26,4)31(28)14-19-37(29,30)5)46-35(45)40-21-16-33(42)38-20-15-32(41)39-22-17-34(43)44/h9,24-25,27-31H,6-8,10-23H2,1-5H3,(H,38,42)(H,39,41)(H,40,45)(H,43,44)/t25-,27+,28+,29-,30+,31+,36+,37-/m1/s1. The predicted octanol–water partition coefficient (Wildman–Crippen LogP) is 6.61. The maximum absolute atomic E-state index is 12.6. The molecule has 0 unspecified atom stereocenters. The van der Waals surface area contributed by atoms with E-state index in [1.54, 1.807) is 0 Å². The molecule has 9 nitrogen and oxygen atoms in total. The van der Waals surface area contributed by atoms with Gasteiger partial charge in [0.05, 0.1) is 6.42 Å². The van der Waals surface area contributed by atoms with Crippen LogP contribution in [-0.4, -0.2) is 54.7 Å². The van der Waals surface area contributed by atoms with E-state index in [-0.39, 0.29) is 62.2 Å². The van der Waals surface area contributed by atoms with Crippen LogP contribution in [0.5, 0.6) is 0 Å². The number of allylic oxidation sites excluding steroid dienone is 1. The Kier molecular flexibility index (Phi) is 12.6. The number of ether oxygens (including phenoxy) is 1. The maximum Gasteiger partial charge on any atom is 0.407 e. The van der Waals surface area contributed by atoms with Crippen molar-refractivity contribution < 1.29 is 29.0 Å². The average molecular weight is 644 g/mol. The molecule has 0 bridgehead atoms. The third-order valence-corrected chi connectivity index (χ3v) is 12.5. The Morgan fingerprint density at radius 2 is 1.54 bits per heavy atom. The second-order valence-electron chi connectivity index (χ2n) is 15.8. The molecule has 4 aliphatic carbocycles.